The molecule has 106 valence electrons. The molecule has 0 radical (unpaired) electrons. The summed E-state index contributed by atoms with van der Waals surface area (Å²) >= 11 is 8.00. The van der Waals surface area contributed by atoms with Crippen LogP contribution in [-0.4, -0.2) is 30.8 Å². The Hall–Kier alpha value is -0.680. The van der Waals surface area contributed by atoms with Crippen molar-refractivity contribution in [2.45, 2.75) is 39.1 Å². The van der Waals surface area contributed by atoms with E-state index in [2.05, 4.69) is 28.5 Å². The standard InChI is InChI=1S/C13H21ClN4S/c1-4-10-12-13(17(3)16-10)18(11(9-14)15-12)7-6-8-19-5-2/h4-9H2,1-3H3. The van der Waals surface area contributed by atoms with Gasteiger partial charge in [0.05, 0.1) is 11.6 Å². The highest BCUT2D eigenvalue weighted by atomic mass is 35.5. The second-order valence-electron chi connectivity index (χ2n) is 4.46. The molecule has 0 aliphatic carbocycles. The van der Waals surface area contributed by atoms with Gasteiger partial charge in [0.25, 0.3) is 0 Å². The largest absolute Gasteiger partial charge is 0.312 e. The quantitative estimate of drug-likeness (QED) is 0.582. The van der Waals surface area contributed by atoms with Crippen LogP contribution in [0.25, 0.3) is 11.2 Å². The Morgan fingerprint density at radius 3 is 2.74 bits per heavy atom. The fourth-order valence-electron chi connectivity index (χ4n) is 2.33. The van der Waals surface area contributed by atoms with Crippen LogP contribution in [0.5, 0.6) is 0 Å². The third kappa shape index (κ3) is 2.92. The van der Waals surface area contributed by atoms with E-state index in [1.54, 1.807) is 0 Å². The van der Waals surface area contributed by atoms with Crippen LogP contribution in [0, 0.1) is 0 Å². The number of aromatic nitrogens is 4. The van der Waals surface area contributed by atoms with E-state index in [9.17, 15) is 0 Å². The molecule has 0 fully saturated rings. The summed E-state index contributed by atoms with van der Waals surface area (Å²) in [6.07, 6.45) is 2.04. The average Bonchev–Trinajstić information content (AvgIpc) is 2.93. The summed E-state index contributed by atoms with van der Waals surface area (Å²) in [4.78, 5) is 4.66. The van der Waals surface area contributed by atoms with Crippen molar-refractivity contribution >= 4 is 34.5 Å². The first-order chi connectivity index (χ1) is 9.22. The zero-order valence-electron chi connectivity index (χ0n) is 11.8. The van der Waals surface area contributed by atoms with Crippen molar-refractivity contribution in [2.75, 3.05) is 11.5 Å². The van der Waals surface area contributed by atoms with Gasteiger partial charge in [-0.3, -0.25) is 4.68 Å². The fourth-order valence-corrected chi connectivity index (χ4v) is 3.16. The summed E-state index contributed by atoms with van der Waals surface area (Å²) in [5, 5.41) is 4.53. The van der Waals surface area contributed by atoms with Crippen LogP contribution >= 0.6 is 23.4 Å². The lowest BCUT2D eigenvalue weighted by Gasteiger charge is -2.07. The monoisotopic (exact) mass is 300 g/mol. The van der Waals surface area contributed by atoms with Gasteiger partial charge in [-0.1, -0.05) is 13.8 Å². The lowest BCUT2D eigenvalue weighted by Crippen LogP contribution is -2.07. The Morgan fingerprint density at radius 1 is 1.32 bits per heavy atom. The number of hydrogen-bond donors (Lipinski definition) is 0. The van der Waals surface area contributed by atoms with Crippen LogP contribution in [0.4, 0.5) is 0 Å². The number of nitrogens with zero attached hydrogens (tertiary/aromatic N) is 4. The maximum atomic E-state index is 6.03. The highest BCUT2D eigenvalue weighted by molar-refractivity contribution is 7.99. The van der Waals surface area contributed by atoms with E-state index in [4.69, 9.17) is 11.6 Å². The number of aryl methyl sites for hydroxylation is 3. The topological polar surface area (TPSA) is 35.6 Å². The molecule has 0 N–H and O–H groups in total. The third-order valence-corrected chi connectivity index (χ3v) is 4.42. The van der Waals surface area contributed by atoms with Crippen molar-refractivity contribution in [3.63, 3.8) is 0 Å². The number of fused-ring (bicyclic) bond motifs is 1. The van der Waals surface area contributed by atoms with Gasteiger partial charge in [0.15, 0.2) is 5.65 Å². The van der Waals surface area contributed by atoms with Gasteiger partial charge in [-0.05, 0) is 24.3 Å². The zero-order chi connectivity index (χ0) is 13.8. The lowest BCUT2D eigenvalue weighted by atomic mass is 10.3. The molecule has 19 heavy (non-hydrogen) atoms. The summed E-state index contributed by atoms with van der Waals surface area (Å²) in [5.41, 5.74) is 3.18. The molecule has 0 atom stereocenters. The maximum absolute atomic E-state index is 6.03. The lowest BCUT2D eigenvalue weighted by molar-refractivity contribution is 0.642. The molecule has 0 aromatic carbocycles. The summed E-state index contributed by atoms with van der Waals surface area (Å²) in [6, 6.07) is 0. The third-order valence-electron chi connectivity index (χ3n) is 3.20. The van der Waals surface area contributed by atoms with Gasteiger partial charge in [-0.15, -0.1) is 11.6 Å². The predicted octanol–water partition coefficient (Wildman–Crippen LogP) is 3.21. The minimum Gasteiger partial charge on any atom is -0.312 e. The summed E-state index contributed by atoms with van der Waals surface area (Å²) in [5.74, 6) is 3.77. The Kier molecular flexibility index (Phi) is 5.16. The van der Waals surface area contributed by atoms with E-state index in [1.165, 1.54) is 11.5 Å². The highest BCUT2D eigenvalue weighted by Crippen LogP contribution is 2.21. The molecule has 0 aliphatic rings. The van der Waals surface area contributed by atoms with Gasteiger partial charge in [0.1, 0.15) is 11.3 Å². The van der Waals surface area contributed by atoms with Crippen molar-refractivity contribution in [1.29, 1.82) is 0 Å². The smallest absolute Gasteiger partial charge is 0.158 e. The Bertz CT molecular complexity index is 546. The van der Waals surface area contributed by atoms with Gasteiger partial charge in [-0.25, -0.2) is 4.98 Å². The van der Waals surface area contributed by atoms with Crippen LogP contribution in [-0.2, 0) is 25.9 Å². The number of imidazole rings is 1. The average molecular weight is 301 g/mol. The van der Waals surface area contributed by atoms with Gasteiger partial charge >= 0.3 is 0 Å². The van der Waals surface area contributed by atoms with E-state index < -0.39 is 0 Å². The number of thioether (sulfide) groups is 1. The van der Waals surface area contributed by atoms with E-state index in [1.807, 2.05) is 23.5 Å². The minimum absolute atomic E-state index is 0.457. The summed E-state index contributed by atoms with van der Waals surface area (Å²) < 4.78 is 4.16. The molecule has 0 saturated heterocycles. The highest BCUT2D eigenvalue weighted by Gasteiger charge is 2.17. The van der Waals surface area contributed by atoms with Gasteiger partial charge in [0, 0.05) is 13.6 Å². The Labute approximate surface area is 123 Å². The second kappa shape index (κ2) is 6.66. The molecule has 2 heterocycles. The summed E-state index contributed by atoms with van der Waals surface area (Å²) in [7, 11) is 1.98. The number of hydrogen-bond acceptors (Lipinski definition) is 3. The molecule has 2 rings (SSSR count). The van der Waals surface area contributed by atoms with Gasteiger partial charge in [0.2, 0.25) is 0 Å². The molecule has 0 aliphatic heterocycles. The minimum atomic E-state index is 0.457. The van der Waals surface area contributed by atoms with Crippen molar-refractivity contribution in [1.82, 2.24) is 19.3 Å². The molecule has 0 bridgehead atoms. The van der Waals surface area contributed by atoms with Crippen LogP contribution in [0.1, 0.15) is 31.8 Å². The first-order valence-corrected chi connectivity index (χ1v) is 8.46. The second-order valence-corrected chi connectivity index (χ2v) is 6.12. The normalized spacial score (nSPS) is 11.6. The number of alkyl halides is 1. The van der Waals surface area contributed by atoms with Crippen LogP contribution in [0.15, 0.2) is 0 Å². The number of halogens is 1. The molecule has 0 amide bonds. The van der Waals surface area contributed by atoms with Gasteiger partial charge in [-0.2, -0.15) is 16.9 Å². The molecular formula is C13H21ClN4S. The fraction of sp³-hybridized carbons (Fsp3) is 0.692. The Balaban J connectivity index is 2.31. The van der Waals surface area contributed by atoms with E-state index in [0.29, 0.717) is 5.88 Å². The van der Waals surface area contributed by atoms with Crippen molar-refractivity contribution in [3.8, 4) is 0 Å². The number of rotatable bonds is 7. The van der Waals surface area contributed by atoms with E-state index in [-0.39, 0.29) is 0 Å². The van der Waals surface area contributed by atoms with E-state index >= 15 is 0 Å². The zero-order valence-corrected chi connectivity index (χ0v) is 13.4. The van der Waals surface area contributed by atoms with Gasteiger partial charge < -0.3 is 4.57 Å². The van der Waals surface area contributed by atoms with Crippen LogP contribution in [0.2, 0.25) is 0 Å². The molecule has 2 aromatic heterocycles. The molecular weight excluding hydrogens is 280 g/mol. The van der Waals surface area contributed by atoms with Crippen molar-refractivity contribution in [3.05, 3.63) is 11.5 Å². The molecule has 0 unspecified atom stereocenters. The SMILES string of the molecule is CCSCCCn1c(CCl)nc2c(CC)nn(C)c21. The molecule has 4 nitrogen and oxygen atoms in total. The van der Waals surface area contributed by atoms with E-state index in [0.717, 1.165) is 42.1 Å². The molecule has 0 saturated carbocycles. The molecule has 2 aromatic rings. The van der Waals surface area contributed by atoms with Crippen molar-refractivity contribution < 1.29 is 0 Å². The van der Waals surface area contributed by atoms with Crippen LogP contribution in [0.3, 0.4) is 0 Å². The Morgan fingerprint density at radius 2 is 2.11 bits per heavy atom. The summed E-state index contributed by atoms with van der Waals surface area (Å²) in [6.45, 7) is 5.27. The van der Waals surface area contributed by atoms with Crippen molar-refractivity contribution in [2.24, 2.45) is 7.05 Å². The molecule has 0 spiro atoms. The predicted molar refractivity (Wildman–Crippen MR) is 83.1 cm³/mol. The first kappa shape index (κ1) is 14.7. The molecule has 6 heteroatoms. The van der Waals surface area contributed by atoms with Crippen LogP contribution < -0.4 is 0 Å². The first-order valence-electron chi connectivity index (χ1n) is 6.77. The maximum Gasteiger partial charge on any atom is 0.158 e.